The van der Waals surface area contributed by atoms with E-state index >= 15 is 0 Å². The van der Waals surface area contributed by atoms with Gasteiger partial charge < -0.3 is 11.1 Å². The Morgan fingerprint density at radius 3 is 2.85 bits per heavy atom. The third kappa shape index (κ3) is 2.96. The van der Waals surface area contributed by atoms with Gasteiger partial charge in [0.25, 0.3) is 5.91 Å². The molecule has 2 unspecified atom stereocenters. The number of hydrogen-bond donors (Lipinski definition) is 2. The van der Waals surface area contributed by atoms with Crippen molar-refractivity contribution in [3.05, 3.63) is 35.6 Å². The van der Waals surface area contributed by atoms with Crippen molar-refractivity contribution in [2.45, 2.75) is 31.8 Å². The van der Waals surface area contributed by atoms with E-state index in [-0.39, 0.29) is 18.3 Å². The molecule has 0 radical (unpaired) electrons. The van der Waals surface area contributed by atoms with Crippen molar-refractivity contribution >= 4 is 11.9 Å². The van der Waals surface area contributed by atoms with Gasteiger partial charge in [-0.25, -0.2) is 9.18 Å². The minimum absolute atomic E-state index is 0.0499. The molecule has 0 saturated carbocycles. The molecule has 1 heterocycles. The maximum Gasteiger partial charge on any atom is 0.324 e. The second kappa shape index (κ2) is 6.00. The number of urea groups is 1. The Labute approximate surface area is 116 Å². The fourth-order valence-electron chi connectivity index (χ4n) is 2.27. The first-order valence-corrected chi connectivity index (χ1v) is 6.66. The van der Waals surface area contributed by atoms with Crippen LogP contribution in [0.4, 0.5) is 9.18 Å². The molecular weight excluding hydrogens is 261 g/mol. The van der Waals surface area contributed by atoms with Gasteiger partial charge in [0.2, 0.25) is 0 Å². The molecule has 3 N–H and O–H groups in total. The maximum atomic E-state index is 13.1. The topological polar surface area (TPSA) is 75.4 Å². The van der Waals surface area contributed by atoms with Crippen molar-refractivity contribution in [3.8, 4) is 0 Å². The third-order valence-corrected chi connectivity index (χ3v) is 3.34. The van der Waals surface area contributed by atoms with Gasteiger partial charge in [0.05, 0.1) is 0 Å². The molecule has 0 spiro atoms. The molecule has 5 nitrogen and oxygen atoms in total. The Kier molecular flexibility index (Phi) is 4.34. The highest BCUT2D eigenvalue weighted by Gasteiger charge is 2.37. The summed E-state index contributed by atoms with van der Waals surface area (Å²) in [5.41, 5.74) is 6.51. The Morgan fingerprint density at radius 2 is 2.20 bits per heavy atom. The number of nitrogens with zero attached hydrogens (tertiary/aromatic N) is 1. The van der Waals surface area contributed by atoms with Gasteiger partial charge in [-0.3, -0.25) is 9.69 Å². The summed E-state index contributed by atoms with van der Waals surface area (Å²) in [5, 5.41) is 2.63. The quantitative estimate of drug-likeness (QED) is 0.803. The normalized spacial score (nSPS) is 20.1. The monoisotopic (exact) mass is 279 g/mol. The maximum absolute atomic E-state index is 13.1. The molecule has 1 aromatic rings. The van der Waals surface area contributed by atoms with Crippen molar-refractivity contribution in [1.29, 1.82) is 0 Å². The number of imide groups is 1. The molecule has 1 aliphatic rings. The lowest BCUT2D eigenvalue weighted by molar-refractivity contribution is -0.127. The second-order valence-electron chi connectivity index (χ2n) is 4.90. The molecule has 2 rings (SSSR count). The van der Waals surface area contributed by atoms with Crippen LogP contribution in [0.3, 0.4) is 0 Å². The summed E-state index contributed by atoms with van der Waals surface area (Å²) in [6, 6.07) is 4.37. The van der Waals surface area contributed by atoms with Crippen molar-refractivity contribution in [3.63, 3.8) is 0 Å². The van der Waals surface area contributed by atoms with E-state index in [0.717, 1.165) is 11.3 Å². The average molecular weight is 279 g/mol. The van der Waals surface area contributed by atoms with Crippen LogP contribution in [0.25, 0.3) is 0 Å². The largest absolute Gasteiger partial charge is 0.326 e. The molecule has 3 amide bonds. The number of hydrogen-bond acceptors (Lipinski definition) is 3. The summed E-state index contributed by atoms with van der Waals surface area (Å²) in [5.74, 6) is -0.650. The van der Waals surface area contributed by atoms with Gasteiger partial charge >= 0.3 is 6.03 Å². The summed E-state index contributed by atoms with van der Waals surface area (Å²) >= 11 is 0. The summed E-state index contributed by atoms with van der Waals surface area (Å²) in [4.78, 5) is 24.9. The average Bonchev–Trinajstić information content (AvgIpc) is 2.67. The number of rotatable bonds is 5. The predicted octanol–water partition coefficient (Wildman–Crippen LogP) is 1.55. The van der Waals surface area contributed by atoms with Gasteiger partial charge in [-0.2, -0.15) is 0 Å². The minimum Gasteiger partial charge on any atom is -0.326 e. The Morgan fingerprint density at radius 1 is 1.45 bits per heavy atom. The van der Waals surface area contributed by atoms with E-state index in [9.17, 15) is 14.0 Å². The standard InChI is InChI=1S/C14H18FN3O2/c1-2-4-12-13(19)18(14(20)17-12)8-11(16)9-5-3-6-10(15)7-9/h3,5-7,11-12H,2,4,8,16H2,1H3,(H,17,20). The van der Waals surface area contributed by atoms with Crippen molar-refractivity contribution in [2.75, 3.05) is 6.54 Å². The van der Waals surface area contributed by atoms with Crippen LogP contribution >= 0.6 is 0 Å². The lowest BCUT2D eigenvalue weighted by atomic mass is 10.1. The molecule has 108 valence electrons. The zero-order valence-electron chi connectivity index (χ0n) is 11.3. The molecule has 0 aromatic heterocycles. The van der Waals surface area contributed by atoms with Gasteiger partial charge in [-0.05, 0) is 24.1 Å². The number of benzene rings is 1. The Bertz CT molecular complexity index is 521. The number of nitrogens with one attached hydrogen (secondary N) is 1. The fourth-order valence-corrected chi connectivity index (χ4v) is 2.27. The van der Waals surface area contributed by atoms with Crippen LogP contribution in [-0.4, -0.2) is 29.4 Å². The fraction of sp³-hybridized carbons (Fsp3) is 0.429. The Balaban J connectivity index is 2.06. The second-order valence-corrected chi connectivity index (χ2v) is 4.90. The number of amides is 3. The summed E-state index contributed by atoms with van der Waals surface area (Å²) in [6.07, 6.45) is 1.41. The zero-order chi connectivity index (χ0) is 14.7. The lowest BCUT2D eigenvalue weighted by Gasteiger charge is -2.18. The van der Waals surface area contributed by atoms with E-state index in [1.165, 1.54) is 12.1 Å². The van der Waals surface area contributed by atoms with E-state index < -0.39 is 18.1 Å². The van der Waals surface area contributed by atoms with E-state index in [0.29, 0.717) is 12.0 Å². The molecule has 0 aliphatic carbocycles. The molecule has 1 aromatic carbocycles. The highest BCUT2D eigenvalue weighted by atomic mass is 19.1. The van der Waals surface area contributed by atoms with Crippen LogP contribution in [0.1, 0.15) is 31.4 Å². The van der Waals surface area contributed by atoms with Crippen LogP contribution in [0.2, 0.25) is 0 Å². The highest BCUT2D eigenvalue weighted by molar-refractivity contribution is 6.04. The van der Waals surface area contributed by atoms with Crippen molar-refractivity contribution in [1.82, 2.24) is 10.2 Å². The molecule has 1 fully saturated rings. The summed E-state index contributed by atoms with van der Waals surface area (Å²) < 4.78 is 13.1. The van der Waals surface area contributed by atoms with Crippen LogP contribution in [-0.2, 0) is 4.79 Å². The number of nitrogens with two attached hydrogens (primary N) is 1. The van der Waals surface area contributed by atoms with Gasteiger partial charge in [0.15, 0.2) is 0 Å². The van der Waals surface area contributed by atoms with Gasteiger partial charge in [0.1, 0.15) is 11.9 Å². The number of carbonyl (C=O) groups is 2. The number of carbonyl (C=O) groups excluding carboxylic acids is 2. The van der Waals surface area contributed by atoms with Crippen LogP contribution < -0.4 is 11.1 Å². The molecule has 6 heteroatoms. The predicted molar refractivity (Wildman–Crippen MR) is 72.3 cm³/mol. The van der Waals surface area contributed by atoms with Gasteiger partial charge in [-0.15, -0.1) is 0 Å². The molecule has 1 aliphatic heterocycles. The Hall–Kier alpha value is -1.95. The number of halogens is 1. The first-order chi connectivity index (χ1) is 9.52. The smallest absolute Gasteiger partial charge is 0.324 e. The van der Waals surface area contributed by atoms with Gasteiger partial charge in [-0.1, -0.05) is 25.5 Å². The van der Waals surface area contributed by atoms with Gasteiger partial charge in [0, 0.05) is 12.6 Å². The first kappa shape index (κ1) is 14.5. The molecular formula is C14H18FN3O2. The van der Waals surface area contributed by atoms with Crippen molar-refractivity contribution in [2.24, 2.45) is 5.73 Å². The van der Waals surface area contributed by atoms with E-state index in [2.05, 4.69) is 5.32 Å². The summed E-state index contributed by atoms with van der Waals surface area (Å²) in [7, 11) is 0. The van der Waals surface area contributed by atoms with E-state index in [1.807, 2.05) is 6.92 Å². The molecule has 0 bridgehead atoms. The van der Waals surface area contributed by atoms with Crippen LogP contribution in [0, 0.1) is 5.82 Å². The first-order valence-electron chi connectivity index (χ1n) is 6.66. The minimum atomic E-state index is -0.597. The molecule has 2 atom stereocenters. The van der Waals surface area contributed by atoms with Crippen LogP contribution in [0.15, 0.2) is 24.3 Å². The van der Waals surface area contributed by atoms with E-state index in [1.54, 1.807) is 12.1 Å². The molecule has 20 heavy (non-hydrogen) atoms. The molecule has 1 saturated heterocycles. The third-order valence-electron chi connectivity index (χ3n) is 3.34. The lowest BCUT2D eigenvalue weighted by Crippen LogP contribution is -2.37. The van der Waals surface area contributed by atoms with Crippen LogP contribution in [0.5, 0.6) is 0 Å². The zero-order valence-corrected chi connectivity index (χ0v) is 11.3. The van der Waals surface area contributed by atoms with E-state index in [4.69, 9.17) is 5.73 Å². The summed E-state index contributed by atoms with van der Waals surface area (Å²) in [6.45, 7) is 1.99. The SMILES string of the molecule is CCCC1NC(=O)N(CC(N)c2cccc(F)c2)C1=O. The van der Waals surface area contributed by atoms with Crippen molar-refractivity contribution < 1.29 is 14.0 Å². The highest BCUT2D eigenvalue weighted by Crippen LogP contribution is 2.17.